The second-order valence-corrected chi connectivity index (χ2v) is 6.69. The highest BCUT2D eigenvalue weighted by Gasteiger charge is 2.17. The Morgan fingerprint density at radius 1 is 1.47 bits per heavy atom. The standard InChI is InChI=1S/C11H11BrClN3O2S/c1-2-10-14-6-11(15-10)19(17,18)16-7-3-4-9(13)8(12)5-7/h3-6,16H,2H2,1H3,(H,14,15). The Hall–Kier alpha value is -1.05. The van der Waals surface area contributed by atoms with Crippen LogP contribution in [0.3, 0.4) is 0 Å². The van der Waals surface area contributed by atoms with Crippen molar-refractivity contribution >= 4 is 43.2 Å². The van der Waals surface area contributed by atoms with E-state index in [0.717, 1.165) is 0 Å². The minimum atomic E-state index is -3.66. The number of sulfonamides is 1. The Morgan fingerprint density at radius 2 is 2.21 bits per heavy atom. The summed E-state index contributed by atoms with van der Waals surface area (Å²) in [5.74, 6) is 0.623. The largest absolute Gasteiger partial charge is 0.332 e. The van der Waals surface area contributed by atoms with Crippen molar-refractivity contribution in [2.24, 2.45) is 0 Å². The van der Waals surface area contributed by atoms with E-state index in [2.05, 4.69) is 30.6 Å². The summed E-state index contributed by atoms with van der Waals surface area (Å²) >= 11 is 9.09. The van der Waals surface area contributed by atoms with Crippen molar-refractivity contribution in [1.82, 2.24) is 9.97 Å². The Bertz CT molecular complexity index is 700. The number of hydrogen-bond donors (Lipinski definition) is 2. The van der Waals surface area contributed by atoms with Gasteiger partial charge in [0.2, 0.25) is 0 Å². The fourth-order valence-electron chi connectivity index (χ4n) is 1.43. The first-order valence-electron chi connectivity index (χ1n) is 5.44. The number of aromatic amines is 1. The second kappa shape index (κ2) is 5.52. The molecule has 102 valence electrons. The summed E-state index contributed by atoms with van der Waals surface area (Å²) in [6.07, 6.45) is 1.94. The molecule has 2 aromatic rings. The summed E-state index contributed by atoms with van der Waals surface area (Å²) < 4.78 is 27.3. The molecule has 2 rings (SSSR count). The van der Waals surface area contributed by atoms with Crippen LogP contribution in [-0.4, -0.2) is 18.4 Å². The van der Waals surface area contributed by atoms with E-state index in [0.29, 0.717) is 27.4 Å². The van der Waals surface area contributed by atoms with Crippen molar-refractivity contribution in [3.05, 3.63) is 39.7 Å². The van der Waals surface area contributed by atoms with Crippen molar-refractivity contribution in [2.75, 3.05) is 4.72 Å². The van der Waals surface area contributed by atoms with Gasteiger partial charge in [0.15, 0.2) is 5.03 Å². The average Bonchev–Trinajstić information content (AvgIpc) is 2.83. The third-order valence-electron chi connectivity index (χ3n) is 2.40. The van der Waals surface area contributed by atoms with Crippen LogP contribution in [0.1, 0.15) is 12.7 Å². The number of H-pyrrole nitrogens is 1. The van der Waals surface area contributed by atoms with E-state index in [1.165, 1.54) is 6.20 Å². The highest BCUT2D eigenvalue weighted by Crippen LogP contribution is 2.26. The molecule has 0 fully saturated rings. The molecule has 0 spiro atoms. The van der Waals surface area contributed by atoms with Gasteiger partial charge in [-0.25, -0.2) is 4.98 Å². The Morgan fingerprint density at radius 3 is 2.79 bits per heavy atom. The van der Waals surface area contributed by atoms with Gasteiger partial charge in [-0.05, 0) is 34.1 Å². The lowest BCUT2D eigenvalue weighted by molar-refractivity contribution is 0.598. The quantitative estimate of drug-likeness (QED) is 0.875. The Kier molecular flexibility index (Phi) is 4.17. The molecule has 0 amide bonds. The first kappa shape index (κ1) is 14.4. The molecule has 0 aliphatic carbocycles. The normalized spacial score (nSPS) is 11.5. The summed E-state index contributed by atoms with van der Waals surface area (Å²) in [7, 11) is -3.66. The molecular formula is C11H11BrClN3O2S. The fraction of sp³-hybridized carbons (Fsp3) is 0.182. The van der Waals surface area contributed by atoms with Crippen molar-refractivity contribution in [2.45, 2.75) is 18.4 Å². The molecule has 0 saturated carbocycles. The van der Waals surface area contributed by atoms with Gasteiger partial charge in [-0.1, -0.05) is 18.5 Å². The van der Waals surface area contributed by atoms with E-state index in [-0.39, 0.29) is 5.03 Å². The summed E-state index contributed by atoms with van der Waals surface area (Å²) in [5, 5.41) is 0.549. The van der Waals surface area contributed by atoms with Crippen LogP contribution < -0.4 is 4.72 Å². The van der Waals surface area contributed by atoms with Crippen LogP contribution in [0, 0.1) is 0 Å². The van der Waals surface area contributed by atoms with Crippen LogP contribution in [0.2, 0.25) is 5.02 Å². The number of hydrogen-bond acceptors (Lipinski definition) is 3. The lowest BCUT2D eigenvalue weighted by atomic mass is 10.3. The fourth-order valence-corrected chi connectivity index (χ4v) is 2.92. The van der Waals surface area contributed by atoms with E-state index in [1.807, 2.05) is 6.92 Å². The first-order valence-corrected chi connectivity index (χ1v) is 8.09. The number of imidazole rings is 1. The highest BCUT2D eigenvalue weighted by atomic mass is 79.9. The third kappa shape index (κ3) is 3.29. The van der Waals surface area contributed by atoms with Crippen molar-refractivity contribution in [3.63, 3.8) is 0 Å². The molecular weight excluding hydrogens is 354 g/mol. The van der Waals surface area contributed by atoms with Crippen molar-refractivity contribution in [3.8, 4) is 0 Å². The SMILES string of the molecule is CCc1ncc(S(=O)(=O)Nc2ccc(Cl)c(Br)c2)[nH]1. The maximum atomic E-state index is 12.1. The molecule has 0 aliphatic heterocycles. The molecule has 0 saturated heterocycles. The summed E-state index contributed by atoms with van der Waals surface area (Å²) in [6, 6.07) is 4.78. The number of nitrogens with zero attached hydrogens (tertiary/aromatic N) is 1. The van der Waals surface area contributed by atoms with Gasteiger partial charge in [-0.2, -0.15) is 8.42 Å². The molecule has 0 atom stereocenters. The van der Waals surface area contributed by atoms with Crippen LogP contribution in [0.5, 0.6) is 0 Å². The molecule has 0 unspecified atom stereocenters. The van der Waals surface area contributed by atoms with E-state index in [1.54, 1.807) is 18.2 Å². The molecule has 0 bridgehead atoms. The monoisotopic (exact) mass is 363 g/mol. The maximum Gasteiger partial charge on any atom is 0.278 e. The summed E-state index contributed by atoms with van der Waals surface area (Å²) in [6.45, 7) is 1.89. The van der Waals surface area contributed by atoms with Gasteiger partial charge in [-0.3, -0.25) is 4.72 Å². The molecule has 0 radical (unpaired) electrons. The molecule has 1 heterocycles. The van der Waals surface area contributed by atoms with E-state index in [9.17, 15) is 8.42 Å². The second-order valence-electron chi connectivity index (χ2n) is 3.78. The van der Waals surface area contributed by atoms with E-state index in [4.69, 9.17) is 11.6 Å². The van der Waals surface area contributed by atoms with Crippen molar-refractivity contribution in [1.29, 1.82) is 0 Å². The van der Waals surface area contributed by atoms with E-state index >= 15 is 0 Å². The zero-order valence-corrected chi connectivity index (χ0v) is 13.1. The first-order chi connectivity index (χ1) is 8.92. The number of rotatable bonds is 4. The topological polar surface area (TPSA) is 74.8 Å². The number of halogens is 2. The van der Waals surface area contributed by atoms with Gasteiger partial charge in [0, 0.05) is 10.9 Å². The lowest BCUT2D eigenvalue weighted by Crippen LogP contribution is -2.13. The van der Waals surface area contributed by atoms with Crippen LogP contribution in [-0.2, 0) is 16.4 Å². The number of benzene rings is 1. The van der Waals surface area contributed by atoms with Crippen LogP contribution >= 0.6 is 27.5 Å². The van der Waals surface area contributed by atoms with E-state index < -0.39 is 10.0 Å². The molecule has 5 nitrogen and oxygen atoms in total. The third-order valence-corrected chi connectivity index (χ3v) is 4.91. The molecule has 1 aromatic carbocycles. The van der Waals surface area contributed by atoms with Crippen LogP contribution in [0.15, 0.2) is 33.9 Å². The van der Waals surface area contributed by atoms with Gasteiger partial charge >= 0.3 is 0 Å². The predicted octanol–water partition coefficient (Wildman–Crippen LogP) is 3.19. The number of aryl methyl sites for hydroxylation is 1. The summed E-state index contributed by atoms with van der Waals surface area (Å²) in [4.78, 5) is 6.72. The minimum Gasteiger partial charge on any atom is -0.332 e. The highest BCUT2D eigenvalue weighted by molar-refractivity contribution is 9.10. The Balaban J connectivity index is 2.28. The zero-order valence-electron chi connectivity index (χ0n) is 9.94. The van der Waals surface area contributed by atoms with Gasteiger partial charge in [0.1, 0.15) is 5.82 Å². The molecule has 8 heteroatoms. The minimum absolute atomic E-state index is 0.0374. The number of anilines is 1. The number of nitrogens with one attached hydrogen (secondary N) is 2. The molecule has 19 heavy (non-hydrogen) atoms. The van der Waals surface area contributed by atoms with Gasteiger partial charge < -0.3 is 4.98 Å². The number of aromatic nitrogens is 2. The zero-order chi connectivity index (χ0) is 14.0. The molecule has 1 aromatic heterocycles. The average molecular weight is 365 g/mol. The molecule has 2 N–H and O–H groups in total. The lowest BCUT2D eigenvalue weighted by Gasteiger charge is -2.07. The Labute approximate surface area is 124 Å². The van der Waals surface area contributed by atoms with Gasteiger partial charge in [0.05, 0.1) is 16.9 Å². The maximum absolute atomic E-state index is 12.1. The van der Waals surface area contributed by atoms with Gasteiger partial charge in [0.25, 0.3) is 10.0 Å². The van der Waals surface area contributed by atoms with Crippen LogP contribution in [0.4, 0.5) is 5.69 Å². The predicted molar refractivity (Wildman–Crippen MR) is 77.9 cm³/mol. The smallest absolute Gasteiger partial charge is 0.278 e. The molecule has 0 aliphatic rings. The van der Waals surface area contributed by atoms with Gasteiger partial charge in [-0.15, -0.1) is 0 Å². The summed E-state index contributed by atoms with van der Waals surface area (Å²) in [5.41, 5.74) is 0.420. The van der Waals surface area contributed by atoms with Crippen molar-refractivity contribution < 1.29 is 8.42 Å². The van der Waals surface area contributed by atoms with Crippen LogP contribution in [0.25, 0.3) is 0 Å².